The van der Waals surface area contributed by atoms with E-state index in [-0.39, 0.29) is 36.7 Å². The van der Waals surface area contributed by atoms with Gasteiger partial charge in [0.05, 0.1) is 31.0 Å². The van der Waals surface area contributed by atoms with Crippen LogP contribution < -0.4 is 19.9 Å². The highest BCUT2D eigenvalue weighted by Gasteiger charge is 2.31. The number of nitrogens with zero attached hydrogens (tertiary/aromatic N) is 4. The van der Waals surface area contributed by atoms with Gasteiger partial charge in [0, 0.05) is 31.7 Å². The fraction of sp³-hybridized carbons (Fsp3) is 0.444. The first-order valence-electron chi connectivity index (χ1n) is 9.23. The summed E-state index contributed by atoms with van der Waals surface area (Å²) in [6, 6.07) is 5.36. The number of anilines is 2. The van der Waals surface area contributed by atoms with Crippen LogP contribution in [0.1, 0.15) is 6.42 Å². The van der Waals surface area contributed by atoms with Crippen LogP contribution in [0.3, 0.4) is 0 Å². The average Bonchev–Trinajstić information content (AvgIpc) is 3.34. The van der Waals surface area contributed by atoms with Crippen LogP contribution in [-0.2, 0) is 14.3 Å². The van der Waals surface area contributed by atoms with Crippen LogP contribution in [-0.4, -0.2) is 66.1 Å². The summed E-state index contributed by atoms with van der Waals surface area (Å²) in [4.78, 5) is 28.1. The zero-order valence-electron chi connectivity index (χ0n) is 15.5. The molecular formula is C18H20FN5O4S. The standard InChI is InChI=1S/C18H20FN5O4S/c19-12-1-3-14(4-2-12)24-10-13(9-16(24)26)20-15(25)11-28-18-17(21-29-22-18)23-5-7-27-8-6-23/h1-4,13H,5-11H2,(H,20,25). The molecule has 1 unspecified atom stereocenters. The van der Waals surface area contributed by atoms with Crippen molar-refractivity contribution < 1.29 is 23.5 Å². The molecule has 0 saturated carbocycles. The lowest BCUT2D eigenvalue weighted by atomic mass is 10.2. The molecular weight excluding hydrogens is 401 g/mol. The van der Waals surface area contributed by atoms with Gasteiger partial charge in [0.25, 0.3) is 11.8 Å². The summed E-state index contributed by atoms with van der Waals surface area (Å²) in [7, 11) is 0. The Bertz CT molecular complexity index is 871. The number of carbonyl (C=O) groups excluding carboxylic acids is 2. The van der Waals surface area contributed by atoms with Crippen molar-refractivity contribution in [1.29, 1.82) is 0 Å². The molecule has 0 bridgehead atoms. The minimum absolute atomic E-state index is 0.124. The number of benzene rings is 1. The van der Waals surface area contributed by atoms with Gasteiger partial charge in [-0.3, -0.25) is 9.59 Å². The van der Waals surface area contributed by atoms with E-state index in [4.69, 9.17) is 9.47 Å². The van der Waals surface area contributed by atoms with E-state index in [1.807, 2.05) is 4.90 Å². The molecule has 0 spiro atoms. The van der Waals surface area contributed by atoms with Gasteiger partial charge in [0.2, 0.25) is 11.7 Å². The number of rotatable bonds is 6. The predicted octanol–water partition coefficient (Wildman–Crippen LogP) is 0.814. The first-order valence-corrected chi connectivity index (χ1v) is 9.96. The molecule has 2 aromatic rings. The second-order valence-electron chi connectivity index (χ2n) is 6.73. The molecule has 154 valence electrons. The van der Waals surface area contributed by atoms with Gasteiger partial charge < -0.3 is 24.6 Å². The van der Waals surface area contributed by atoms with Crippen molar-refractivity contribution in [3.05, 3.63) is 30.1 Å². The number of nitrogens with one attached hydrogen (secondary N) is 1. The van der Waals surface area contributed by atoms with Gasteiger partial charge >= 0.3 is 0 Å². The minimum Gasteiger partial charge on any atom is -0.464 e. The molecule has 4 rings (SSSR count). The predicted molar refractivity (Wildman–Crippen MR) is 104 cm³/mol. The molecule has 2 fully saturated rings. The van der Waals surface area contributed by atoms with Crippen molar-refractivity contribution in [1.82, 2.24) is 14.1 Å². The van der Waals surface area contributed by atoms with Gasteiger partial charge in [0.15, 0.2) is 6.61 Å². The molecule has 1 aromatic heterocycles. The molecule has 3 heterocycles. The SMILES string of the molecule is O=C(COc1nsnc1N1CCOCC1)NC1CC(=O)N(c2ccc(F)cc2)C1. The van der Waals surface area contributed by atoms with Crippen molar-refractivity contribution in [2.24, 2.45) is 0 Å². The summed E-state index contributed by atoms with van der Waals surface area (Å²) in [5.41, 5.74) is 0.605. The first-order chi connectivity index (χ1) is 14.1. The number of carbonyl (C=O) groups is 2. The molecule has 29 heavy (non-hydrogen) atoms. The van der Waals surface area contributed by atoms with Gasteiger partial charge in [-0.2, -0.15) is 4.37 Å². The van der Waals surface area contributed by atoms with E-state index >= 15 is 0 Å². The number of morpholine rings is 1. The molecule has 0 aliphatic carbocycles. The molecule has 9 nitrogen and oxygen atoms in total. The number of hydrogen-bond acceptors (Lipinski definition) is 8. The van der Waals surface area contributed by atoms with Crippen molar-refractivity contribution in [2.75, 3.05) is 49.3 Å². The van der Waals surface area contributed by atoms with Crippen molar-refractivity contribution in [3.63, 3.8) is 0 Å². The molecule has 1 N–H and O–H groups in total. The lowest BCUT2D eigenvalue weighted by molar-refractivity contribution is -0.123. The lowest BCUT2D eigenvalue weighted by Crippen LogP contribution is -2.40. The quantitative estimate of drug-likeness (QED) is 0.737. The molecule has 1 aromatic carbocycles. The number of ether oxygens (including phenoxy) is 2. The van der Waals surface area contributed by atoms with E-state index in [2.05, 4.69) is 14.1 Å². The molecule has 2 saturated heterocycles. The number of aromatic nitrogens is 2. The molecule has 1 atom stereocenters. The number of halogens is 1. The third kappa shape index (κ3) is 4.62. The van der Waals surface area contributed by atoms with Crippen LogP contribution in [0.15, 0.2) is 24.3 Å². The monoisotopic (exact) mass is 421 g/mol. The zero-order valence-corrected chi connectivity index (χ0v) is 16.4. The fourth-order valence-electron chi connectivity index (χ4n) is 3.31. The van der Waals surface area contributed by atoms with Crippen molar-refractivity contribution in [2.45, 2.75) is 12.5 Å². The highest BCUT2D eigenvalue weighted by Crippen LogP contribution is 2.26. The van der Waals surface area contributed by atoms with Crippen LogP contribution in [0, 0.1) is 5.82 Å². The topological polar surface area (TPSA) is 96.9 Å². The number of hydrogen-bond donors (Lipinski definition) is 1. The second kappa shape index (κ2) is 8.70. The second-order valence-corrected chi connectivity index (χ2v) is 7.26. The third-order valence-electron chi connectivity index (χ3n) is 4.72. The highest BCUT2D eigenvalue weighted by atomic mass is 32.1. The van der Waals surface area contributed by atoms with E-state index < -0.39 is 0 Å². The Balaban J connectivity index is 1.29. The van der Waals surface area contributed by atoms with Crippen LogP contribution in [0.25, 0.3) is 0 Å². The summed E-state index contributed by atoms with van der Waals surface area (Å²) < 4.78 is 32.3. The molecule has 11 heteroatoms. The van der Waals surface area contributed by atoms with Crippen molar-refractivity contribution >= 4 is 35.0 Å². The van der Waals surface area contributed by atoms with E-state index in [9.17, 15) is 14.0 Å². The van der Waals surface area contributed by atoms with Gasteiger partial charge in [-0.1, -0.05) is 0 Å². The maximum absolute atomic E-state index is 13.1. The zero-order chi connectivity index (χ0) is 20.2. The Morgan fingerprint density at radius 2 is 2.03 bits per heavy atom. The van der Waals surface area contributed by atoms with Gasteiger partial charge in [0.1, 0.15) is 5.82 Å². The Kier molecular flexibility index (Phi) is 5.86. The molecule has 2 aliphatic heterocycles. The maximum atomic E-state index is 13.1. The van der Waals surface area contributed by atoms with E-state index in [1.165, 1.54) is 17.0 Å². The summed E-state index contributed by atoms with van der Waals surface area (Å²) in [5, 5.41) is 2.80. The smallest absolute Gasteiger partial charge is 0.271 e. The Hall–Kier alpha value is -2.79. The molecule has 2 aliphatic rings. The maximum Gasteiger partial charge on any atom is 0.271 e. The lowest BCUT2D eigenvalue weighted by Gasteiger charge is -2.26. The summed E-state index contributed by atoms with van der Waals surface area (Å²) in [6.45, 7) is 2.71. The van der Waals surface area contributed by atoms with Crippen LogP contribution in [0.5, 0.6) is 5.88 Å². The minimum atomic E-state index is -0.365. The van der Waals surface area contributed by atoms with Gasteiger partial charge in [-0.05, 0) is 24.3 Å². The number of amides is 2. The molecule has 2 amide bonds. The van der Waals surface area contributed by atoms with Gasteiger partial charge in [-0.15, -0.1) is 4.37 Å². The van der Waals surface area contributed by atoms with Crippen LogP contribution in [0.2, 0.25) is 0 Å². The van der Waals surface area contributed by atoms with E-state index in [0.717, 1.165) is 11.7 Å². The summed E-state index contributed by atoms with van der Waals surface area (Å²) in [5.74, 6) is 0.105. The Labute approximate surface area is 170 Å². The van der Waals surface area contributed by atoms with Crippen LogP contribution >= 0.6 is 11.7 Å². The van der Waals surface area contributed by atoms with E-state index in [0.29, 0.717) is 50.2 Å². The summed E-state index contributed by atoms with van der Waals surface area (Å²) in [6.07, 6.45) is 0.181. The van der Waals surface area contributed by atoms with Crippen LogP contribution in [0.4, 0.5) is 15.9 Å². The third-order valence-corrected chi connectivity index (χ3v) is 5.22. The Morgan fingerprint density at radius 3 is 2.79 bits per heavy atom. The van der Waals surface area contributed by atoms with Crippen molar-refractivity contribution in [3.8, 4) is 5.88 Å². The normalized spacial score (nSPS) is 19.5. The summed E-state index contributed by atoms with van der Waals surface area (Å²) >= 11 is 1.03. The average molecular weight is 421 g/mol. The fourth-order valence-corrected chi connectivity index (χ4v) is 3.83. The largest absolute Gasteiger partial charge is 0.464 e. The van der Waals surface area contributed by atoms with Gasteiger partial charge in [-0.25, -0.2) is 4.39 Å². The molecule has 0 radical (unpaired) electrons. The first kappa shape index (κ1) is 19.5. The van der Waals surface area contributed by atoms with E-state index in [1.54, 1.807) is 12.1 Å². The Morgan fingerprint density at radius 1 is 1.28 bits per heavy atom. The highest BCUT2D eigenvalue weighted by molar-refractivity contribution is 6.99.